The number of rotatable bonds is 7. The SMILES string of the molecule is CCN(CC)CC#CC1(OC(=O)C(O)(c2ccccc2)C2CCCCC2)CCCCC1. The lowest BCUT2D eigenvalue weighted by molar-refractivity contribution is -0.188. The molecule has 170 valence electrons. The highest BCUT2D eigenvalue weighted by Gasteiger charge is 2.50. The predicted octanol–water partition coefficient (Wildman–Crippen LogP) is 5.05. The van der Waals surface area contributed by atoms with E-state index in [1.807, 2.05) is 30.3 Å². The van der Waals surface area contributed by atoms with Gasteiger partial charge in [-0.15, -0.1) is 0 Å². The average molecular weight is 426 g/mol. The maximum Gasteiger partial charge on any atom is 0.344 e. The van der Waals surface area contributed by atoms with Gasteiger partial charge in [-0.3, -0.25) is 4.90 Å². The van der Waals surface area contributed by atoms with Crippen molar-refractivity contribution in [3.63, 3.8) is 0 Å². The van der Waals surface area contributed by atoms with Crippen molar-refractivity contribution in [2.45, 2.75) is 89.3 Å². The maximum absolute atomic E-state index is 13.7. The molecule has 1 unspecified atom stereocenters. The highest BCUT2D eigenvalue weighted by atomic mass is 16.6. The normalized spacial score (nSPS) is 21.0. The van der Waals surface area contributed by atoms with Crippen molar-refractivity contribution in [1.82, 2.24) is 4.90 Å². The van der Waals surface area contributed by atoms with Gasteiger partial charge in [-0.2, -0.15) is 0 Å². The zero-order valence-electron chi connectivity index (χ0n) is 19.4. The maximum atomic E-state index is 13.7. The van der Waals surface area contributed by atoms with Crippen LogP contribution in [0.3, 0.4) is 0 Å². The minimum atomic E-state index is -1.60. The number of esters is 1. The number of ether oxygens (including phenoxy) is 1. The fourth-order valence-electron chi connectivity index (χ4n) is 5.12. The third kappa shape index (κ3) is 5.70. The molecule has 31 heavy (non-hydrogen) atoms. The van der Waals surface area contributed by atoms with Crippen molar-refractivity contribution in [2.75, 3.05) is 19.6 Å². The first-order chi connectivity index (χ1) is 15.0. The van der Waals surface area contributed by atoms with Gasteiger partial charge in [-0.05, 0) is 57.2 Å². The number of hydrogen-bond acceptors (Lipinski definition) is 4. The van der Waals surface area contributed by atoms with Crippen molar-refractivity contribution in [2.24, 2.45) is 5.92 Å². The zero-order chi connectivity index (χ0) is 22.2. The Morgan fingerprint density at radius 1 is 1.06 bits per heavy atom. The molecule has 1 aromatic carbocycles. The van der Waals surface area contributed by atoms with Crippen LogP contribution in [0.5, 0.6) is 0 Å². The van der Waals surface area contributed by atoms with Crippen molar-refractivity contribution >= 4 is 5.97 Å². The molecule has 0 spiro atoms. The average Bonchev–Trinajstić information content (AvgIpc) is 2.83. The van der Waals surface area contributed by atoms with Gasteiger partial charge in [-0.1, -0.05) is 81.7 Å². The van der Waals surface area contributed by atoms with Gasteiger partial charge in [-0.25, -0.2) is 4.79 Å². The summed E-state index contributed by atoms with van der Waals surface area (Å²) in [6.07, 6.45) is 9.59. The van der Waals surface area contributed by atoms with E-state index < -0.39 is 17.2 Å². The molecule has 0 amide bonds. The molecule has 1 N–H and O–H groups in total. The summed E-state index contributed by atoms with van der Waals surface area (Å²) in [6, 6.07) is 9.40. The molecule has 1 atom stereocenters. The number of carbonyl (C=O) groups is 1. The van der Waals surface area contributed by atoms with Gasteiger partial charge in [0.25, 0.3) is 0 Å². The smallest absolute Gasteiger partial charge is 0.344 e. The van der Waals surface area contributed by atoms with E-state index in [0.717, 1.165) is 77.3 Å². The Morgan fingerprint density at radius 3 is 2.29 bits per heavy atom. The largest absolute Gasteiger partial charge is 0.443 e. The minimum absolute atomic E-state index is 0.111. The molecule has 2 aliphatic carbocycles. The highest BCUT2D eigenvalue weighted by molar-refractivity contribution is 5.82. The molecule has 3 rings (SSSR count). The van der Waals surface area contributed by atoms with Crippen LogP contribution in [0.4, 0.5) is 0 Å². The second-order valence-electron chi connectivity index (χ2n) is 9.17. The minimum Gasteiger partial charge on any atom is -0.443 e. The molecule has 1 aromatic rings. The van der Waals surface area contributed by atoms with E-state index in [-0.39, 0.29) is 5.92 Å². The molecule has 0 saturated heterocycles. The summed E-state index contributed by atoms with van der Waals surface area (Å²) in [5.41, 5.74) is -1.74. The van der Waals surface area contributed by atoms with Crippen LogP contribution in [-0.2, 0) is 15.1 Å². The van der Waals surface area contributed by atoms with Crippen LogP contribution in [-0.4, -0.2) is 41.2 Å². The first kappa shape index (κ1) is 23.8. The van der Waals surface area contributed by atoms with Crippen molar-refractivity contribution in [1.29, 1.82) is 0 Å². The second-order valence-corrected chi connectivity index (χ2v) is 9.17. The molecule has 4 heteroatoms. The molecule has 0 bridgehead atoms. The number of nitrogens with zero attached hydrogens (tertiary/aromatic N) is 1. The van der Waals surface area contributed by atoms with E-state index in [0.29, 0.717) is 12.1 Å². The van der Waals surface area contributed by atoms with E-state index in [1.165, 1.54) is 0 Å². The van der Waals surface area contributed by atoms with Gasteiger partial charge < -0.3 is 9.84 Å². The first-order valence-electron chi connectivity index (χ1n) is 12.3. The molecule has 0 heterocycles. The summed E-state index contributed by atoms with van der Waals surface area (Å²) in [4.78, 5) is 16.0. The molecular formula is C27H39NO3. The number of benzene rings is 1. The Hall–Kier alpha value is -1.83. The number of hydrogen-bond donors (Lipinski definition) is 1. The van der Waals surface area contributed by atoms with Crippen LogP contribution in [0.15, 0.2) is 30.3 Å². The molecule has 2 fully saturated rings. The molecule has 0 aromatic heterocycles. The van der Waals surface area contributed by atoms with E-state index in [9.17, 15) is 9.90 Å². The van der Waals surface area contributed by atoms with Gasteiger partial charge in [0.1, 0.15) is 0 Å². The number of carbonyl (C=O) groups excluding carboxylic acids is 1. The van der Waals surface area contributed by atoms with Crippen LogP contribution in [0.2, 0.25) is 0 Å². The standard InChI is InChI=1S/C27H39NO3/c1-3-28(4-2)22-14-21-26(19-12-7-13-20-26)31-25(29)27(30,23-15-8-5-9-16-23)24-17-10-6-11-18-24/h5,8-9,15-16,24,30H,3-4,6-7,10-13,17-20,22H2,1-2H3. The molecule has 0 radical (unpaired) electrons. The Balaban J connectivity index is 1.87. The molecule has 2 aliphatic rings. The number of aliphatic hydroxyl groups is 1. The van der Waals surface area contributed by atoms with Crippen LogP contribution < -0.4 is 0 Å². The van der Waals surface area contributed by atoms with Crippen LogP contribution >= 0.6 is 0 Å². The Kier molecular flexibility index (Phi) is 8.58. The van der Waals surface area contributed by atoms with E-state index in [4.69, 9.17) is 4.74 Å². The molecule has 0 aliphatic heterocycles. The summed E-state index contributed by atoms with van der Waals surface area (Å²) in [5, 5.41) is 11.9. The summed E-state index contributed by atoms with van der Waals surface area (Å²) in [5.74, 6) is 6.02. The summed E-state index contributed by atoms with van der Waals surface area (Å²) in [7, 11) is 0. The quantitative estimate of drug-likeness (QED) is 0.491. The van der Waals surface area contributed by atoms with Crippen LogP contribution in [0.25, 0.3) is 0 Å². The van der Waals surface area contributed by atoms with E-state index >= 15 is 0 Å². The third-order valence-corrected chi connectivity index (χ3v) is 7.18. The monoisotopic (exact) mass is 425 g/mol. The van der Waals surface area contributed by atoms with Crippen LogP contribution in [0, 0.1) is 17.8 Å². The summed E-state index contributed by atoms with van der Waals surface area (Å²) >= 11 is 0. The fraction of sp³-hybridized carbons (Fsp3) is 0.667. The third-order valence-electron chi connectivity index (χ3n) is 7.18. The van der Waals surface area contributed by atoms with Gasteiger partial charge in [0.15, 0.2) is 11.2 Å². The second kappa shape index (κ2) is 11.2. The lowest BCUT2D eigenvalue weighted by Gasteiger charge is -2.40. The summed E-state index contributed by atoms with van der Waals surface area (Å²) < 4.78 is 6.22. The topological polar surface area (TPSA) is 49.8 Å². The van der Waals surface area contributed by atoms with Gasteiger partial charge in [0, 0.05) is 5.92 Å². The van der Waals surface area contributed by atoms with Crippen LogP contribution in [0.1, 0.15) is 83.6 Å². The van der Waals surface area contributed by atoms with Crippen molar-refractivity contribution < 1.29 is 14.6 Å². The molecule has 2 saturated carbocycles. The predicted molar refractivity (Wildman–Crippen MR) is 124 cm³/mol. The Labute approximate surface area is 188 Å². The van der Waals surface area contributed by atoms with Crippen molar-refractivity contribution in [3.05, 3.63) is 35.9 Å². The van der Waals surface area contributed by atoms with E-state index in [1.54, 1.807) is 0 Å². The Bertz CT molecular complexity index is 750. The lowest BCUT2D eigenvalue weighted by atomic mass is 9.73. The van der Waals surface area contributed by atoms with Gasteiger partial charge in [0.2, 0.25) is 0 Å². The van der Waals surface area contributed by atoms with Crippen molar-refractivity contribution in [3.8, 4) is 11.8 Å². The molecular weight excluding hydrogens is 386 g/mol. The first-order valence-corrected chi connectivity index (χ1v) is 12.3. The molecule has 4 nitrogen and oxygen atoms in total. The van der Waals surface area contributed by atoms with E-state index in [2.05, 4.69) is 30.6 Å². The highest BCUT2D eigenvalue weighted by Crippen LogP contribution is 2.42. The summed E-state index contributed by atoms with van der Waals surface area (Å²) in [6.45, 7) is 6.84. The lowest BCUT2D eigenvalue weighted by Crippen LogP contribution is -2.49. The Morgan fingerprint density at radius 2 is 1.68 bits per heavy atom. The fourth-order valence-corrected chi connectivity index (χ4v) is 5.12. The zero-order valence-corrected chi connectivity index (χ0v) is 19.4. The van der Waals surface area contributed by atoms with Gasteiger partial charge >= 0.3 is 5.97 Å². The van der Waals surface area contributed by atoms with Gasteiger partial charge in [0.05, 0.1) is 6.54 Å².